The third kappa shape index (κ3) is 31.0. The van der Waals surface area contributed by atoms with Gasteiger partial charge in [0.15, 0.2) is 0 Å². The molecule has 1 aliphatic rings. The first kappa shape index (κ1) is 83.2. The lowest BCUT2D eigenvalue weighted by molar-refractivity contribution is -0.143. The molecular formula is C60H93N15O22. The Morgan fingerprint density at radius 3 is 1.57 bits per heavy atom. The molecule has 97 heavy (non-hydrogen) atoms. The first-order chi connectivity index (χ1) is 45.6. The van der Waals surface area contributed by atoms with Gasteiger partial charge in [-0.05, 0) is 88.7 Å². The molecular weight excluding hydrogens is 1280 g/mol. The monoisotopic (exact) mass is 1380 g/mol. The minimum Gasteiger partial charge on any atom is -0.481 e. The van der Waals surface area contributed by atoms with Crippen molar-refractivity contribution in [3.05, 3.63) is 35.9 Å². The summed E-state index contributed by atoms with van der Waals surface area (Å²) in [5.74, 6) is -19.5. The van der Waals surface area contributed by atoms with Crippen LogP contribution in [0.4, 0.5) is 0 Å². The van der Waals surface area contributed by atoms with Crippen molar-refractivity contribution >= 4 is 101 Å². The molecule has 1 fully saturated rings. The number of aliphatic hydroxyl groups excluding tert-OH is 1. The van der Waals surface area contributed by atoms with Crippen LogP contribution in [0.15, 0.2) is 30.3 Å². The predicted molar refractivity (Wildman–Crippen MR) is 338 cm³/mol. The number of carbonyl (C=O) groups is 17. The second-order valence-electron chi connectivity index (χ2n) is 23.8. The summed E-state index contributed by atoms with van der Waals surface area (Å²) in [5.41, 5.74) is 17.1. The Labute approximate surface area is 558 Å². The smallest absolute Gasteiger partial charge is 0.326 e. The van der Waals surface area contributed by atoms with Crippen molar-refractivity contribution in [2.45, 2.75) is 191 Å². The van der Waals surface area contributed by atoms with E-state index in [1.54, 1.807) is 44.2 Å². The first-order valence-electron chi connectivity index (χ1n) is 31.4. The molecule has 2 rings (SSSR count). The summed E-state index contributed by atoms with van der Waals surface area (Å²) in [6.07, 6.45) is -3.34. The number of unbranched alkanes of at least 4 members (excludes halogenated alkanes) is 1. The Morgan fingerprint density at radius 2 is 1.04 bits per heavy atom. The van der Waals surface area contributed by atoms with Gasteiger partial charge in [0, 0.05) is 32.2 Å². The van der Waals surface area contributed by atoms with Gasteiger partial charge < -0.3 is 106 Å². The number of carboxylic acids is 4. The van der Waals surface area contributed by atoms with Crippen LogP contribution in [0.5, 0.6) is 0 Å². The SMILES string of the molecule is CC(C)C[C@H](NC(=O)[C@@H](N)CC(=O)O)C(=O)N[C@@H](C)C(=O)N[C@@H](Cc1ccccc1)C(=O)N1CCC[C@H]1C(=O)NCC(=O)N[C@@H](CO)C(=O)NCC(=O)N[C@@H](CCC(=O)O)C(=O)N[C@@H](CCC(N)=O)C(=O)N[C@H](C(=O)N[C@@H](CCC(=O)O)C(=O)N[C@@H](CCCCN)C(=O)O)C(C)C. The zero-order chi connectivity index (χ0) is 73.2. The average molecular weight is 1380 g/mol. The Hall–Kier alpha value is -9.91. The zero-order valence-corrected chi connectivity index (χ0v) is 54.7. The van der Waals surface area contributed by atoms with Gasteiger partial charge in [-0.15, -0.1) is 0 Å². The van der Waals surface area contributed by atoms with E-state index in [1.165, 1.54) is 25.7 Å². The Balaban J connectivity index is 2.19. The second-order valence-corrected chi connectivity index (χ2v) is 23.8. The van der Waals surface area contributed by atoms with E-state index >= 15 is 0 Å². The molecule has 37 nitrogen and oxygen atoms in total. The van der Waals surface area contributed by atoms with Gasteiger partial charge in [-0.3, -0.25) is 76.7 Å². The molecule has 0 spiro atoms. The number of aliphatic carboxylic acids is 4. The normalized spacial score (nSPS) is 15.7. The molecule has 11 atom stereocenters. The molecule has 1 aromatic carbocycles. The van der Waals surface area contributed by atoms with Crippen molar-refractivity contribution < 1.29 is 107 Å². The highest BCUT2D eigenvalue weighted by molar-refractivity contribution is 5.99. The Morgan fingerprint density at radius 1 is 0.536 bits per heavy atom. The van der Waals surface area contributed by atoms with Crippen LogP contribution in [0.3, 0.4) is 0 Å². The van der Waals surface area contributed by atoms with Gasteiger partial charge in [0.2, 0.25) is 76.8 Å². The van der Waals surface area contributed by atoms with E-state index in [1.807, 2.05) is 0 Å². The molecule has 0 bridgehead atoms. The average Bonchev–Trinajstić information content (AvgIpc) is 1.78. The molecule has 1 aliphatic heterocycles. The van der Waals surface area contributed by atoms with Crippen LogP contribution in [0.25, 0.3) is 0 Å². The number of nitrogens with zero attached hydrogens (tertiary/aromatic N) is 1. The van der Waals surface area contributed by atoms with Crippen molar-refractivity contribution in [2.24, 2.45) is 29.0 Å². The molecule has 1 aromatic rings. The largest absolute Gasteiger partial charge is 0.481 e. The minimum absolute atomic E-state index is 0.0298. The van der Waals surface area contributed by atoms with E-state index < -0.39 is 238 Å². The molecule has 540 valence electrons. The molecule has 0 radical (unpaired) electrons. The van der Waals surface area contributed by atoms with E-state index in [0.29, 0.717) is 24.8 Å². The predicted octanol–water partition coefficient (Wildman–Crippen LogP) is -6.46. The van der Waals surface area contributed by atoms with Gasteiger partial charge in [0.1, 0.15) is 60.4 Å². The fourth-order valence-corrected chi connectivity index (χ4v) is 9.73. The summed E-state index contributed by atoms with van der Waals surface area (Å²) in [6.45, 7) is 5.12. The number of nitrogens with one attached hydrogen (secondary N) is 11. The van der Waals surface area contributed by atoms with Crippen molar-refractivity contribution in [3.8, 4) is 0 Å². The molecule has 22 N–H and O–H groups in total. The molecule has 1 saturated heterocycles. The van der Waals surface area contributed by atoms with E-state index in [4.69, 9.17) is 22.3 Å². The van der Waals surface area contributed by atoms with Crippen LogP contribution in [-0.2, 0) is 87.9 Å². The third-order valence-electron chi connectivity index (χ3n) is 14.9. The van der Waals surface area contributed by atoms with Gasteiger partial charge in [0.05, 0.1) is 32.2 Å². The zero-order valence-electron chi connectivity index (χ0n) is 54.7. The number of aliphatic hydroxyl groups is 1. The van der Waals surface area contributed by atoms with E-state index in [0.717, 1.165) is 0 Å². The maximum absolute atomic E-state index is 14.3. The number of hydrogen-bond donors (Lipinski definition) is 19. The highest BCUT2D eigenvalue weighted by Gasteiger charge is 2.40. The standard InChI is InChI=1S/C60H93N15O22/c1-30(2)24-39(72-51(87)34(62)26-48(84)85)56(92)66-32(5)50(86)73-40(25-33-12-7-6-8-13-33)59(95)75-23-11-15-42(75)57(93)65-28-45(79)68-41(29-76)52(88)64-27-44(78)67-35(17-20-46(80)81)53(89)69-36(16-19-43(63)77)55(91)74-49(31(3)4)58(94)70-37(18-21-47(82)83)54(90)71-38(60(96)97)14-9-10-22-61/h6-8,12-13,30-32,34-42,49,76H,9-11,14-29,61-62H2,1-5H3,(H2,63,77)(H,64,88)(H,65,93)(H,66,92)(H,67,78)(H,68,79)(H,69,89)(H,70,94)(H,71,90)(H,72,87)(H,73,86)(H,74,91)(H,80,81)(H,82,83)(H,84,85)(H,96,97)/t32-,34-,35-,36-,37-,38-,39-,40-,41-,42-,49-/m0/s1. The molecule has 0 unspecified atom stereocenters. The molecule has 0 aromatic heterocycles. The van der Waals surface area contributed by atoms with Crippen LogP contribution < -0.4 is 75.7 Å². The van der Waals surface area contributed by atoms with Crippen molar-refractivity contribution in [1.29, 1.82) is 0 Å². The Bertz CT molecular complexity index is 2950. The topological polar surface area (TPSA) is 605 Å². The lowest BCUT2D eigenvalue weighted by atomic mass is 10.0. The number of likely N-dealkylation sites (tertiary alicyclic amines) is 1. The minimum atomic E-state index is -1.79. The maximum atomic E-state index is 14.3. The number of carbonyl (C=O) groups excluding carboxylic acids is 13. The second kappa shape index (κ2) is 42.5. The third-order valence-corrected chi connectivity index (χ3v) is 14.9. The number of nitrogens with two attached hydrogens (primary N) is 3. The fourth-order valence-electron chi connectivity index (χ4n) is 9.73. The lowest BCUT2D eigenvalue weighted by Gasteiger charge is -2.30. The summed E-state index contributed by atoms with van der Waals surface area (Å²) < 4.78 is 0. The van der Waals surface area contributed by atoms with Crippen LogP contribution in [0.2, 0.25) is 0 Å². The molecule has 1 heterocycles. The number of primary amides is 1. The van der Waals surface area contributed by atoms with Gasteiger partial charge in [-0.25, -0.2) is 4.79 Å². The number of hydrogen-bond acceptors (Lipinski definition) is 20. The van der Waals surface area contributed by atoms with Crippen LogP contribution in [-0.4, -0.2) is 230 Å². The van der Waals surface area contributed by atoms with Crippen LogP contribution >= 0.6 is 0 Å². The summed E-state index contributed by atoms with van der Waals surface area (Å²) in [5, 5.41) is 73.4. The molecule has 13 amide bonds. The molecule has 0 aliphatic carbocycles. The molecule has 37 heteroatoms. The van der Waals surface area contributed by atoms with Crippen molar-refractivity contribution in [2.75, 3.05) is 32.8 Å². The quantitative estimate of drug-likeness (QED) is 0.0270. The number of amides is 13. The van der Waals surface area contributed by atoms with Gasteiger partial charge in [-0.2, -0.15) is 0 Å². The van der Waals surface area contributed by atoms with Crippen molar-refractivity contribution in [1.82, 2.24) is 63.4 Å². The van der Waals surface area contributed by atoms with E-state index in [9.17, 15) is 102 Å². The van der Waals surface area contributed by atoms with Crippen molar-refractivity contribution in [3.63, 3.8) is 0 Å². The summed E-state index contributed by atoms with van der Waals surface area (Å²) in [4.78, 5) is 222. The summed E-state index contributed by atoms with van der Waals surface area (Å²) >= 11 is 0. The summed E-state index contributed by atoms with van der Waals surface area (Å²) in [7, 11) is 0. The van der Waals surface area contributed by atoms with E-state index in [-0.39, 0.29) is 44.7 Å². The van der Waals surface area contributed by atoms with E-state index in [2.05, 4.69) is 58.5 Å². The highest BCUT2D eigenvalue weighted by atomic mass is 16.4. The number of benzene rings is 1. The van der Waals surface area contributed by atoms with Gasteiger partial charge in [0.25, 0.3) is 0 Å². The number of rotatable bonds is 45. The maximum Gasteiger partial charge on any atom is 0.326 e. The fraction of sp³-hybridized carbons (Fsp3) is 0.617. The summed E-state index contributed by atoms with van der Waals surface area (Å²) in [6, 6.07) is -8.01. The van der Waals surface area contributed by atoms with Crippen LogP contribution in [0, 0.1) is 11.8 Å². The first-order valence-corrected chi connectivity index (χ1v) is 31.4. The van der Waals surface area contributed by atoms with Gasteiger partial charge in [-0.1, -0.05) is 58.0 Å². The molecule has 0 saturated carbocycles. The highest BCUT2D eigenvalue weighted by Crippen LogP contribution is 2.21. The Kier molecular flexibility index (Phi) is 36.5. The van der Waals surface area contributed by atoms with Crippen LogP contribution in [0.1, 0.15) is 124 Å². The lowest BCUT2D eigenvalue weighted by Crippen LogP contribution is -2.60. The number of carboxylic acid groups (broad SMARTS) is 4. The van der Waals surface area contributed by atoms with Gasteiger partial charge >= 0.3 is 23.9 Å².